The van der Waals surface area contributed by atoms with Crippen molar-refractivity contribution in [3.63, 3.8) is 0 Å². The number of nitrogens with one attached hydrogen (secondary N) is 1. The molecule has 1 aromatic heterocycles. The van der Waals surface area contributed by atoms with Gasteiger partial charge in [0, 0.05) is 18.2 Å². The number of aromatic hydroxyl groups is 1. The van der Waals surface area contributed by atoms with E-state index in [-0.39, 0.29) is 17.3 Å². The molecule has 6 nitrogen and oxygen atoms in total. The third-order valence-corrected chi connectivity index (χ3v) is 4.26. The first-order valence-corrected chi connectivity index (χ1v) is 7.85. The first-order valence-electron chi connectivity index (χ1n) is 7.85. The van der Waals surface area contributed by atoms with Gasteiger partial charge in [-0.25, -0.2) is 4.98 Å². The van der Waals surface area contributed by atoms with Crippen molar-refractivity contribution >= 4 is 5.95 Å². The lowest BCUT2D eigenvalue weighted by molar-refractivity contribution is -0.137. The molecule has 1 aliphatic carbocycles. The Morgan fingerprint density at radius 2 is 2.00 bits per heavy atom. The fourth-order valence-electron chi connectivity index (χ4n) is 2.83. The number of phenols is 1. The molecular weight excluding hydrogens is 335 g/mol. The molecule has 0 bridgehead atoms. The lowest BCUT2D eigenvalue weighted by atomic mass is 9.81. The molecule has 1 aliphatic rings. The Labute approximate surface area is 142 Å². The predicted molar refractivity (Wildman–Crippen MR) is 85.9 cm³/mol. The van der Waals surface area contributed by atoms with Gasteiger partial charge in [-0.2, -0.15) is 13.2 Å². The van der Waals surface area contributed by atoms with Crippen LogP contribution in [0.25, 0.3) is 11.3 Å². The highest BCUT2D eigenvalue weighted by atomic mass is 19.4. The number of benzene rings is 1. The summed E-state index contributed by atoms with van der Waals surface area (Å²) < 4.78 is 38.0. The van der Waals surface area contributed by atoms with Crippen LogP contribution in [0.2, 0.25) is 0 Å². The second-order valence-corrected chi connectivity index (χ2v) is 6.28. The number of hydrogen-bond donors (Lipinski definition) is 3. The first kappa shape index (κ1) is 17.4. The lowest BCUT2D eigenvalue weighted by Gasteiger charge is -2.32. The van der Waals surface area contributed by atoms with Crippen LogP contribution in [-0.4, -0.2) is 32.9 Å². The van der Waals surface area contributed by atoms with E-state index < -0.39 is 17.5 Å². The Balaban J connectivity index is 1.76. The van der Waals surface area contributed by atoms with Crippen molar-refractivity contribution < 1.29 is 18.3 Å². The van der Waals surface area contributed by atoms with Crippen LogP contribution in [-0.2, 0) is 6.18 Å². The van der Waals surface area contributed by atoms with Crippen LogP contribution in [0.4, 0.5) is 19.1 Å². The topological polar surface area (TPSA) is 97.0 Å². The van der Waals surface area contributed by atoms with Crippen LogP contribution in [0, 0.1) is 12.8 Å². The molecule has 134 valence electrons. The summed E-state index contributed by atoms with van der Waals surface area (Å²) >= 11 is 0. The number of alkyl halides is 3. The number of aryl methyl sites for hydroxylation is 1. The van der Waals surface area contributed by atoms with Crippen molar-refractivity contribution in [3.8, 4) is 17.0 Å². The van der Waals surface area contributed by atoms with Gasteiger partial charge in [-0.1, -0.05) is 0 Å². The van der Waals surface area contributed by atoms with Gasteiger partial charge in [0.15, 0.2) is 0 Å². The number of rotatable bonds is 4. The van der Waals surface area contributed by atoms with Gasteiger partial charge in [-0.3, -0.25) is 0 Å². The third kappa shape index (κ3) is 3.81. The highest BCUT2D eigenvalue weighted by molar-refractivity contribution is 5.69. The minimum absolute atomic E-state index is 0.155. The van der Waals surface area contributed by atoms with Gasteiger partial charge < -0.3 is 16.2 Å². The van der Waals surface area contributed by atoms with Gasteiger partial charge >= 0.3 is 6.18 Å². The number of aromatic nitrogens is 3. The largest absolute Gasteiger partial charge is 0.507 e. The smallest absolute Gasteiger partial charge is 0.416 e. The number of hydrogen-bond acceptors (Lipinski definition) is 6. The molecule has 0 saturated heterocycles. The van der Waals surface area contributed by atoms with Gasteiger partial charge in [-0.05, 0) is 43.9 Å². The fourth-order valence-corrected chi connectivity index (χ4v) is 2.83. The average Bonchev–Trinajstić information content (AvgIpc) is 2.50. The summed E-state index contributed by atoms with van der Waals surface area (Å²) in [5.41, 5.74) is 5.66. The zero-order valence-electron chi connectivity index (χ0n) is 13.5. The molecule has 1 saturated carbocycles. The molecule has 0 atom stereocenters. The van der Waals surface area contributed by atoms with Crippen molar-refractivity contribution in [2.45, 2.75) is 32.0 Å². The summed E-state index contributed by atoms with van der Waals surface area (Å²) in [6, 6.07) is 2.99. The second kappa shape index (κ2) is 6.47. The molecule has 0 unspecified atom stereocenters. The average molecular weight is 353 g/mol. The summed E-state index contributed by atoms with van der Waals surface area (Å²) in [5.74, 6) is 0.309. The maximum Gasteiger partial charge on any atom is 0.416 e. The highest BCUT2D eigenvalue weighted by Crippen LogP contribution is 2.36. The van der Waals surface area contributed by atoms with E-state index in [0.29, 0.717) is 30.2 Å². The third-order valence-electron chi connectivity index (χ3n) is 4.26. The van der Waals surface area contributed by atoms with Crippen molar-refractivity contribution in [1.29, 1.82) is 0 Å². The highest BCUT2D eigenvalue weighted by Gasteiger charge is 2.31. The van der Waals surface area contributed by atoms with Crippen LogP contribution in [0.3, 0.4) is 0 Å². The molecule has 9 heteroatoms. The van der Waals surface area contributed by atoms with E-state index in [4.69, 9.17) is 5.73 Å². The molecule has 1 aromatic carbocycles. The molecule has 1 fully saturated rings. The normalized spacial score (nSPS) is 20.2. The summed E-state index contributed by atoms with van der Waals surface area (Å²) in [7, 11) is 0. The number of nitrogens with zero attached hydrogens (tertiary/aromatic N) is 3. The zero-order chi connectivity index (χ0) is 18.2. The van der Waals surface area contributed by atoms with Crippen LogP contribution < -0.4 is 11.1 Å². The fraction of sp³-hybridized carbons (Fsp3) is 0.438. The van der Waals surface area contributed by atoms with E-state index in [1.165, 1.54) is 6.07 Å². The Bertz CT molecular complexity index is 775. The van der Waals surface area contributed by atoms with Crippen molar-refractivity contribution in [2.75, 3.05) is 11.9 Å². The second-order valence-electron chi connectivity index (χ2n) is 6.28. The standard InChI is InChI=1S/C16H18F3N5O/c1-8-14(12-3-2-10(6-13(12)25)16(17,18)19)23-24-15(22-8)21-7-9-4-11(20)5-9/h2-3,6,9,11,25H,4-5,7,20H2,1H3,(H,21,22,24)/t9-,11-. The number of anilines is 1. The summed E-state index contributed by atoms with van der Waals surface area (Å²) in [5, 5.41) is 20.9. The SMILES string of the molecule is Cc1nc(NC[C@H]2C[C@H](N)C2)nnc1-c1ccc(C(F)(F)F)cc1O. The lowest BCUT2D eigenvalue weighted by Crippen LogP contribution is -2.39. The molecule has 0 spiro atoms. The minimum Gasteiger partial charge on any atom is -0.507 e. The van der Waals surface area contributed by atoms with Crippen molar-refractivity contribution in [1.82, 2.24) is 15.2 Å². The Morgan fingerprint density at radius 1 is 1.28 bits per heavy atom. The summed E-state index contributed by atoms with van der Waals surface area (Å²) in [6.45, 7) is 2.35. The van der Waals surface area contributed by atoms with Gasteiger partial charge in [-0.15, -0.1) is 10.2 Å². The molecule has 3 rings (SSSR count). The Morgan fingerprint density at radius 3 is 2.56 bits per heavy atom. The first-order chi connectivity index (χ1) is 11.7. The summed E-state index contributed by atoms with van der Waals surface area (Å²) in [4.78, 5) is 4.26. The van der Waals surface area contributed by atoms with E-state index in [1.807, 2.05) is 0 Å². The molecule has 4 N–H and O–H groups in total. The van der Waals surface area contributed by atoms with E-state index in [2.05, 4.69) is 20.5 Å². The van der Waals surface area contributed by atoms with E-state index >= 15 is 0 Å². The maximum atomic E-state index is 12.7. The van der Waals surface area contributed by atoms with Crippen molar-refractivity contribution in [2.24, 2.45) is 11.7 Å². The van der Waals surface area contributed by atoms with Gasteiger partial charge in [0.05, 0.1) is 11.3 Å². The summed E-state index contributed by atoms with van der Waals surface area (Å²) in [6.07, 6.45) is -2.61. The van der Waals surface area contributed by atoms with E-state index in [0.717, 1.165) is 18.9 Å². The number of halogens is 3. The predicted octanol–water partition coefficient (Wildman–Crippen LogP) is 2.72. The number of phenolic OH excluding ortho intramolecular Hbond substituents is 1. The molecule has 25 heavy (non-hydrogen) atoms. The molecule has 0 radical (unpaired) electrons. The van der Waals surface area contributed by atoms with Crippen molar-refractivity contribution in [3.05, 3.63) is 29.5 Å². The van der Waals surface area contributed by atoms with Crippen LogP contribution in [0.1, 0.15) is 24.1 Å². The maximum absolute atomic E-state index is 12.7. The molecular formula is C16H18F3N5O. The molecule has 2 aromatic rings. The molecule has 0 aliphatic heterocycles. The minimum atomic E-state index is -4.52. The van der Waals surface area contributed by atoms with Gasteiger partial charge in [0.1, 0.15) is 11.4 Å². The number of nitrogens with two attached hydrogens (primary N) is 1. The van der Waals surface area contributed by atoms with Crippen LogP contribution in [0.15, 0.2) is 18.2 Å². The van der Waals surface area contributed by atoms with Gasteiger partial charge in [0.25, 0.3) is 0 Å². The van der Waals surface area contributed by atoms with E-state index in [9.17, 15) is 18.3 Å². The molecule has 0 amide bonds. The quantitative estimate of drug-likeness (QED) is 0.782. The zero-order valence-corrected chi connectivity index (χ0v) is 13.5. The monoisotopic (exact) mass is 353 g/mol. The van der Waals surface area contributed by atoms with Crippen LogP contribution in [0.5, 0.6) is 5.75 Å². The Hall–Kier alpha value is -2.42. The van der Waals surface area contributed by atoms with Crippen LogP contribution >= 0.6 is 0 Å². The Kier molecular flexibility index (Phi) is 4.51. The molecule has 1 heterocycles. The van der Waals surface area contributed by atoms with E-state index in [1.54, 1.807) is 6.92 Å². The van der Waals surface area contributed by atoms with Gasteiger partial charge in [0.2, 0.25) is 5.95 Å².